The van der Waals surface area contributed by atoms with Crippen LogP contribution in [-0.4, -0.2) is 37.1 Å². The molecule has 2 atom stereocenters. The molecule has 0 aromatic carbocycles. The van der Waals surface area contributed by atoms with Crippen molar-refractivity contribution >= 4 is 0 Å². The van der Waals surface area contributed by atoms with Gasteiger partial charge in [-0.3, -0.25) is 4.90 Å². The molecule has 3 rings (SSSR count). The first kappa shape index (κ1) is 7.34. The third kappa shape index (κ3) is 0.944. The molecule has 2 saturated heterocycles. The van der Waals surface area contributed by atoms with E-state index in [0.29, 0.717) is 5.41 Å². The second-order valence-corrected chi connectivity index (χ2v) is 5.14. The molecule has 0 radical (unpaired) electrons. The molecule has 0 spiro atoms. The predicted octanol–water partition coefficient (Wildman–Crippen LogP) is 0.690. The molecule has 12 heavy (non-hydrogen) atoms. The first-order chi connectivity index (χ1) is 5.78. The lowest BCUT2D eigenvalue weighted by molar-refractivity contribution is 0.271. The number of hydrogen-bond donors (Lipinski definition) is 1. The molecular weight excluding hydrogens is 148 g/mol. The highest BCUT2D eigenvalue weighted by molar-refractivity contribution is 5.03. The van der Waals surface area contributed by atoms with Gasteiger partial charge in [-0.05, 0) is 30.7 Å². The van der Waals surface area contributed by atoms with Crippen LogP contribution in [0.1, 0.15) is 19.8 Å². The normalized spacial score (nSPS) is 48.2. The van der Waals surface area contributed by atoms with E-state index in [1.165, 1.54) is 39.0 Å². The minimum atomic E-state index is 0.614. The molecule has 0 bridgehead atoms. The van der Waals surface area contributed by atoms with Crippen molar-refractivity contribution in [3.8, 4) is 0 Å². The molecule has 2 heterocycles. The fourth-order valence-corrected chi connectivity index (χ4v) is 2.92. The van der Waals surface area contributed by atoms with Gasteiger partial charge in [0.05, 0.1) is 0 Å². The summed E-state index contributed by atoms with van der Waals surface area (Å²) in [6.07, 6.45) is 2.94. The van der Waals surface area contributed by atoms with Crippen LogP contribution in [0.3, 0.4) is 0 Å². The molecule has 68 valence electrons. The third-order valence-corrected chi connectivity index (χ3v) is 3.99. The van der Waals surface area contributed by atoms with E-state index in [2.05, 4.69) is 17.1 Å². The van der Waals surface area contributed by atoms with Crippen molar-refractivity contribution in [2.75, 3.05) is 26.2 Å². The summed E-state index contributed by atoms with van der Waals surface area (Å²) in [5.41, 5.74) is 0.614. The van der Waals surface area contributed by atoms with Crippen molar-refractivity contribution in [3.05, 3.63) is 0 Å². The summed E-state index contributed by atoms with van der Waals surface area (Å²) in [6, 6.07) is 0.979. The summed E-state index contributed by atoms with van der Waals surface area (Å²) in [6.45, 7) is 7.70. The van der Waals surface area contributed by atoms with Gasteiger partial charge < -0.3 is 5.32 Å². The number of hydrogen-bond acceptors (Lipinski definition) is 2. The van der Waals surface area contributed by atoms with Crippen LogP contribution in [0.15, 0.2) is 0 Å². The van der Waals surface area contributed by atoms with Gasteiger partial charge in [-0.25, -0.2) is 0 Å². The Balaban J connectivity index is 1.75. The highest BCUT2D eigenvalue weighted by Gasteiger charge is 2.49. The number of rotatable bonds is 1. The molecule has 1 saturated carbocycles. The number of nitrogens with zero attached hydrogens (tertiary/aromatic N) is 1. The van der Waals surface area contributed by atoms with E-state index in [-0.39, 0.29) is 0 Å². The van der Waals surface area contributed by atoms with Gasteiger partial charge in [0, 0.05) is 25.7 Å². The van der Waals surface area contributed by atoms with Crippen LogP contribution in [0.5, 0.6) is 0 Å². The maximum Gasteiger partial charge on any atom is 0.00967 e. The standard InChI is InChI=1S/C10H18N2/c1-10-6-11-4-8(10)5-12(7-10)9-2-3-9/h8-9,11H,2-7H2,1H3. The predicted molar refractivity (Wildman–Crippen MR) is 49.1 cm³/mol. The zero-order valence-corrected chi connectivity index (χ0v) is 7.84. The Morgan fingerprint density at radius 2 is 2.25 bits per heavy atom. The zero-order chi connectivity index (χ0) is 8.18. The van der Waals surface area contributed by atoms with Crippen molar-refractivity contribution in [3.63, 3.8) is 0 Å². The SMILES string of the molecule is CC12CNCC1CN(C1CC1)C2. The summed E-state index contributed by atoms with van der Waals surface area (Å²) in [5.74, 6) is 0.943. The second-order valence-electron chi connectivity index (χ2n) is 5.14. The molecule has 0 amide bonds. The van der Waals surface area contributed by atoms with Crippen LogP contribution in [-0.2, 0) is 0 Å². The molecule has 0 aromatic rings. The average Bonchev–Trinajstić information content (AvgIpc) is 2.71. The zero-order valence-electron chi connectivity index (χ0n) is 7.84. The molecular formula is C10H18N2. The lowest BCUT2D eigenvalue weighted by Gasteiger charge is -2.22. The molecule has 2 nitrogen and oxygen atoms in total. The van der Waals surface area contributed by atoms with Crippen LogP contribution < -0.4 is 5.32 Å². The maximum atomic E-state index is 3.52. The van der Waals surface area contributed by atoms with Crippen LogP contribution in [0.25, 0.3) is 0 Å². The van der Waals surface area contributed by atoms with Crippen LogP contribution in [0.4, 0.5) is 0 Å². The molecule has 2 unspecified atom stereocenters. The summed E-state index contributed by atoms with van der Waals surface area (Å²) < 4.78 is 0. The van der Waals surface area contributed by atoms with Gasteiger partial charge in [0.2, 0.25) is 0 Å². The number of nitrogens with one attached hydrogen (secondary N) is 1. The highest BCUT2D eigenvalue weighted by Crippen LogP contribution is 2.42. The van der Waals surface area contributed by atoms with E-state index in [9.17, 15) is 0 Å². The van der Waals surface area contributed by atoms with Gasteiger partial charge >= 0.3 is 0 Å². The lowest BCUT2D eigenvalue weighted by atomic mass is 9.83. The molecule has 2 heteroatoms. The summed E-state index contributed by atoms with van der Waals surface area (Å²) in [5, 5.41) is 3.52. The van der Waals surface area contributed by atoms with Crippen LogP contribution in [0.2, 0.25) is 0 Å². The molecule has 3 fully saturated rings. The van der Waals surface area contributed by atoms with Gasteiger partial charge in [-0.1, -0.05) is 6.92 Å². The van der Waals surface area contributed by atoms with Crippen molar-refractivity contribution in [2.45, 2.75) is 25.8 Å². The van der Waals surface area contributed by atoms with Gasteiger partial charge in [0.25, 0.3) is 0 Å². The highest BCUT2D eigenvalue weighted by atomic mass is 15.2. The monoisotopic (exact) mass is 166 g/mol. The summed E-state index contributed by atoms with van der Waals surface area (Å²) >= 11 is 0. The minimum absolute atomic E-state index is 0.614. The topological polar surface area (TPSA) is 15.3 Å². The first-order valence-corrected chi connectivity index (χ1v) is 5.23. The Kier molecular flexibility index (Phi) is 1.37. The largest absolute Gasteiger partial charge is 0.316 e. The number of fused-ring (bicyclic) bond motifs is 1. The Hall–Kier alpha value is -0.0800. The van der Waals surface area contributed by atoms with E-state index in [1.807, 2.05) is 0 Å². The third-order valence-electron chi connectivity index (χ3n) is 3.99. The number of likely N-dealkylation sites (tertiary alicyclic amines) is 1. The lowest BCUT2D eigenvalue weighted by Crippen LogP contribution is -2.31. The first-order valence-electron chi connectivity index (χ1n) is 5.23. The van der Waals surface area contributed by atoms with E-state index in [0.717, 1.165) is 12.0 Å². The summed E-state index contributed by atoms with van der Waals surface area (Å²) in [7, 11) is 0. The van der Waals surface area contributed by atoms with Crippen molar-refractivity contribution in [1.29, 1.82) is 0 Å². The van der Waals surface area contributed by atoms with E-state index in [4.69, 9.17) is 0 Å². The molecule has 0 aromatic heterocycles. The Bertz CT molecular complexity index is 200. The molecule has 1 aliphatic carbocycles. The van der Waals surface area contributed by atoms with Gasteiger partial charge in [0.15, 0.2) is 0 Å². The van der Waals surface area contributed by atoms with Crippen LogP contribution in [0, 0.1) is 11.3 Å². The molecule has 3 aliphatic rings. The smallest absolute Gasteiger partial charge is 0.00967 e. The van der Waals surface area contributed by atoms with Crippen molar-refractivity contribution in [2.24, 2.45) is 11.3 Å². The minimum Gasteiger partial charge on any atom is -0.316 e. The van der Waals surface area contributed by atoms with Crippen molar-refractivity contribution < 1.29 is 0 Å². The van der Waals surface area contributed by atoms with E-state index < -0.39 is 0 Å². The van der Waals surface area contributed by atoms with Gasteiger partial charge in [-0.2, -0.15) is 0 Å². The fourth-order valence-electron chi connectivity index (χ4n) is 2.92. The Labute approximate surface area is 74.3 Å². The molecule has 2 aliphatic heterocycles. The van der Waals surface area contributed by atoms with E-state index >= 15 is 0 Å². The second kappa shape index (κ2) is 2.24. The Morgan fingerprint density at radius 1 is 1.42 bits per heavy atom. The molecule has 1 N–H and O–H groups in total. The van der Waals surface area contributed by atoms with Crippen molar-refractivity contribution in [1.82, 2.24) is 10.2 Å². The summed E-state index contributed by atoms with van der Waals surface area (Å²) in [4.78, 5) is 2.73. The Morgan fingerprint density at radius 3 is 2.92 bits per heavy atom. The van der Waals surface area contributed by atoms with Crippen LogP contribution >= 0.6 is 0 Å². The maximum absolute atomic E-state index is 3.52. The van der Waals surface area contributed by atoms with Gasteiger partial charge in [-0.15, -0.1) is 0 Å². The average molecular weight is 166 g/mol. The quantitative estimate of drug-likeness (QED) is 0.616. The fraction of sp³-hybridized carbons (Fsp3) is 1.00. The van der Waals surface area contributed by atoms with Gasteiger partial charge in [0.1, 0.15) is 0 Å². The van der Waals surface area contributed by atoms with E-state index in [1.54, 1.807) is 0 Å².